The Balaban J connectivity index is 1.41. The molecule has 3 aromatic rings. The molecule has 26 heavy (non-hydrogen) atoms. The van der Waals surface area contributed by atoms with Gasteiger partial charge in [0.05, 0.1) is 6.61 Å². The molecular formula is C21H22N4O. The number of nitrogens with zero attached hydrogens (tertiary/aromatic N) is 3. The fourth-order valence-corrected chi connectivity index (χ4v) is 4.18. The lowest BCUT2D eigenvalue weighted by atomic mass is 9.79. The Morgan fingerprint density at radius 1 is 1.04 bits per heavy atom. The average Bonchev–Trinajstić information content (AvgIpc) is 3.29. The summed E-state index contributed by atoms with van der Waals surface area (Å²) < 4.78 is 5.58. The van der Waals surface area contributed by atoms with Crippen molar-refractivity contribution < 1.29 is 4.74 Å². The van der Waals surface area contributed by atoms with Gasteiger partial charge >= 0.3 is 0 Å². The zero-order valence-corrected chi connectivity index (χ0v) is 14.9. The molecule has 4 heterocycles. The predicted octanol–water partition coefficient (Wildman–Crippen LogP) is 3.67. The SMILES string of the molecule is Cc1[nH]nc(-c2ccncc2)c1-c1ccc(N2CC3(CCOC3)C2)cc1. The highest BCUT2D eigenvalue weighted by atomic mass is 16.5. The van der Waals surface area contributed by atoms with Crippen LogP contribution in [-0.4, -0.2) is 41.5 Å². The van der Waals surface area contributed by atoms with Crippen LogP contribution in [0.15, 0.2) is 48.8 Å². The smallest absolute Gasteiger partial charge is 0.100 e. The summed E-state index contributed by atoms with van der Waals surface area (Å²) in [5.41, 5.74) is 7.18. The van der Waals surface area contributed by atoms with E-state index in [0.717, 1.165) is 48.8 Å². The van der Waals surface area contributed by atoms with Gasteiger partial charge in [0, 0.05) is 60.0 Å². The molecule has 0 atom stereocenters. The zero-order valence-electron chi connectivity index (χ0n) is 14.9. The van der Waals surface area contributed by atoms with Crippen molar-refractivity contribution in [3.63, 3.8) is 0 Å². The number of aryl methyl sites for hydroxylation is 1. The van der Waals surface area contributed by atoms with Gasteiger partial charge in [0.25, 0.3) is 0 Å². The quantitative estimate of drug-likeness (QED) is 0.786. The van der Waals surface area contributed by atoms with Crippen molar-refractivity contribution in [2.45, 2.75) is 13.3 Å². The third-order valence-electron chi connectivity index (χ3n) is 5.66. The van der Waals surface area contributed by atoms with Crippen molar-refractivity contribution >= 4 is 5.69 Å². The molecule has 0 aliphatic carbocycles. The highest BCUT2D eigenvalue weighted by molar-refractivity contribution is 5.83. The van der Waals surface area contributed by atoms with E-state index in [9.17, 15) is 0 Å². The molecule has 0 saturated carbocycles. The van der Waals surface area contributed by atoms with Crippen LogP contribution in [0.3, 0.4) is 0 Å². The van der Waals surface area contributed by atoms with Crippen molar-refractivity contribution in [3.8, 4) is 22.4 Å². The van der Waals surface area contributed by atoms with Crippen LogP contribution in [0, 0.1) is 12.3 Å². The maximum absolute atomic E-state index is 5.58. The van der Waals surface area contributed by atoms with E-state index < -0.39 is 0 Å². The molecule has 1 spiro atoms. The van der Waals surface area contributed by atoms with Crippen LogP contribution >= 0.6 is 0 Å². The van der Waals surface area contributed by atoms with Crippen LogP contribution in [0.5, 0.6) is 0 Å². The van der Waals surface area contributed by atoms with Gasteiger partial charge in [-0.1, -0.05) is 12.1 Å². The normalized spacial score (nSPS) is 18.3. The molecule has 1 N–H and O–H groups in total. The van der Waals surface area contributed by atoms with Crippen LogP contribution in [0.2, 0.25) is 0 Å². The molecule has 2 aliphatic heterocycles. The van der Waals surface area contributed by atoms with E-state index in [0.29, 0.717) is 5.41 Å². The van der Waals surface area contributed by atoms with Crippen LogP contribution in [0.25, 0.3) is 22.4 Å². The Hall–Kier alpha value is -2.66. The van der Waals surface area contributed by atoms with Crippen LogP contribution in [-0.2, 0) is 4.74 Å². The number of hydrogen-bond acceptors (Lipinski definition) is 4. The number of nitrogens with one attached hydrogen (secondary N) is 1. The van der Waals surface area contributed by atoms with Gasteiger partial charge in [-0.25, -0.2) is 0 Å². The summed E-state index contributed by atoms with van der Waals surface area (Å²) >= 11 is 0. The Bertz CT molecular complexity index is 903. The molecule has 2 aromatic heterocycles. The summed E-state index contributed by atoms with van der Waals surface area (Å²) in [6.45, 7) is 6.13. The van der Waals surface area contributed by atoms with E-state index in [4.69, 9.17) is 4.74 Å². The minimum Gasteiger partial charge on any atom is -0.381 e. The number of H-pyrrole nitrogens is 1. The number of anilines is 1. The van der Waals surface area contributed by atoms with E-state index in [1.807, 2.05) is 12.1 Å². The molecule has 5 nitrogen and oxygen atoms in total. The predicted molar refractivity (Wildman–Crippen MR) is 102 cm³/mol. The van der Waals surface area contributed by atoms with Gasteiger partial charge in [-0.05, 0) is 43.2 Å². The maximum Gasteiger partial charge on any atom is 0.100 e. The molecule has 0 bridgehead atoms. The van der Waals surface area contributed by atoms with Crippen LogP contribution in [0.1, 0.15) is 12.1 Å². The standard InChI is InChI=1S/C21H22N4O/c1-15-19(20(24-23-15)17-6-9-22-10-7-17)16-2-4-18(5-3-16)25-12-21(13-25)8-11-26-14-21/h2-7,9-10H,8,11-14H2,1H3,(H,23,24). The number of hydrogen-bond donors (Lipinski definition) is 1. The molecule has 0 unspecified atom stereocenters. The monoisotopic (exact) mass is 346 g/mol. The van der Waals surface area contributed by atoms with Gasteiger partial charge < -0.3 is 9.64 Å². The number of rotatable bonds is 3. The van der Waals surface area contributed by atoms with Crippen LogP contribution in [0.4, 0.5) is 5.69 Å². The van der Waals surface area contributed by atoms with Gasteiger partial charge in [0.1, 0.15) is 5.69 Å². The third-order valence-corrected chi connectivity index (χ3v) is 5.66. The fraction of sp³-hybridized carbons (Fsp3) is 0.333. The third kappa shape index (κ3) is 2.51. The molecular weight excluding hydrogens is 324 g/mol. The molecule has 0 radical (unpaired) electrons. The summed E-state index contributed by atoms with van der Waals surface area (Å²) in [6.07, 6.45) is 4.81. The molecule has 132 valence electrons. The fourth-order valence-electron chi connectivity index (χ4n) is 4.18. The van der Waals surface area contributed by atoms with Gasteiger partial charge in [-0.2, -0.15) is 5.10 Å². The second kappa shape index (κ2) is 5.95. The van der Waals surface area contributed by atoms with Crippen molar-refractivity contribution in [2.75, 3.05) is 31.2 Å². The minimum atomic E-state index is 0.411. The van der Waals surface area contributed by atoms with Crippen LogP contribution < -0.4 is 4.90 Å². The van der Waals surface area contributed by atoms with E-state index in [1.54, 1.807) is 12.4 Å². The van der Waals surface area contributed by atoms with E-state index >= 15 is 0 Å². The lowest BCUT2D eigenvalue weighted by Crippen LogP contribution is -2.56. The number of benzene rings is 1. The number of ether oxygens (including phenoxy) is 1. The second-order valence-corrected chi connectivity index (χ2v) is 7.51. The summed E-state index contributed by atoms with van der Waals surface area (Å²) in [7, 11) is 0. The Kier molecular flexibility index (Phi) is 3.57. The number of pyridine rings is 1. The van der Waals surface area contributed by atoms with E-state index in [-0.39, 0.29) is 0 Å². The molecule has 1 aromatic carbocycles. The molecule has 2 aliphatic rings. The van der Waals surface area contributed by atoms with Gasteiger partial charge in [0.15, 0.2) is 0 Å². The molecule has 5 heteroatoms. The maximum atomic E-state index is 5.58. The molecule has 2 fully saturated rings. The molecule has 0 amide bonds. The second-order valence-electron chi connectivity index (χ2n) is 7.51. The summed E-state index contributed by atoms with van der Waals surface area (Å²) in [5.74, 6) is 0. The highest BCUT2D eigenvalue weighted by Crippen LogP contribution is 2.41. The number of aromatic amines is 1. The first kappa shape index (κ1) is 15.6. The topological polar surface area (TPSA) is 54.0 Å². The lowest BCUT2D eigenvalue weighted by Gasteiger charge is -2.48. The molecule has 5 rings (SSSR count). The van der Waals surface area contributed by atoms with E-state index in [2.05, 4.69) is 51.3 Å². The van der Waals surface area contributed by atoms with Crippen molar-refractivity contribution in [3.05, 3.63) is 54.5 Å². The Morgan fingerprint density at radius 2 is 1.81 bits per heavy atom. The largest absolute Gasteiger partial charge is 0.381 e. The van der Waals surface area contributed by atoms with Gasteiger partial charge in [-0.3, -0.25) is 10.1 Å². The highest BCUT2D eigenvalue weighted by Gasteiger charge is 2.45. The zero-order chi connectivity index (χ0) is 17.6. The average molecular weight is 346 g/mol. The van der Waals surface area contributed by atoms with Gasteiger partial charge in [-0.15, -0.1) is 0 Å². The van der Waals surface area contributed by atoms with Crippen molar-refractivity contribution in [1.29, 1.82) is 0 Å². The van der Waals surface area contributed by atoms with E-state index in [1.165, 1.54) is 17.7 Å². The number of aromatic nitrogens is 3. The first-order chi connectivity index (χ1) is 12.7. The minimum absolute atomic E-state index is 0.411. The summed E-state index contributed by atoms with van der Waals surface area (Å²) in [5, 5.41) is 7.65. The Labute approximate surface area is 153 Å². The Morgan fingerprint density at radius 3 is 2.50 bits per heavy atom. The molecule has 2 saturated heterocycles. The van der Waals surface area contributed by atoms with Gasteiger partial charge in [0.2, 0.25) is 0 Å². The first-order valence-corrected chi connectivity index (χ1v) is 9.13. The lowest BCUT2D eigenvalue weighted by molar-refractivity contribution is 0.131. The van der Waals surface area contributed by atoms with Crippen molar-refractivity contribution in [1.82, 2.24) is 15.2 Å². The van der Waals surface area contributed by atoms with Crippen molar-refractivity contribution in [2.24, 2.45) is 5.41 Å². The first-order valence-electron chi connectivity index (χ1n) is 9.13. The summed E-state index contributed by atoms with van der Waals surface area (Å²) in [6, 6.07) is 12.8. The summed E-state index contributed by atoms with van der Waals surface area (Å²) in [4.78, 5) is 6.55.